The van der Waals surface area contributed by atoms with E-state index in [2.05, 4.69) is 54.1 Å². The molecular formula is C13H23BrN2. The van der Waals surface area contributed by atoms with Crippen molar-refractivity contribution >= 4 is 15.9 Å². The predicted octanol–water partition coefficient (Wildman–Crippen LogP) is 4.35. The maximum atomic E-state index is 4.55. The summed E-state index contributed by atoms with van der Waals surface area (Å²) >= 11 is 3.71. The Kier molecular flexibility index (Phi) is 6.10. The molecule has 16 heavy (non-hydrogen) atoms. The van der Waals surface area contributed by atoms with Crippen molar-refractivity contribution in [2.75, 3.05) is 0 Å². The molecule has 92 valence electrons. The molecule has 0 aromatic carbocycles. The zero-order valence-electron chi connectivity index (χ0n) is 10.6. The molecule has 0 N–H and O–H groups in total. The molecule has 0 radical (unpaired) electrons. The molecule has 1 heterocycles. The molecule has 0 saturated heterocycles. The van der Waals surface area contributed by atoms with Crippen LogP contribution in [0.5, 0.6) is 0 Å². The first-order valence-corrected chi connectivity index (χ1v) is 7.23. The second-order valence-electron chi connectivity index (χ2n) is 4.66. The van der Waals surface area contributed by atoms with Gasteiger partial charge in [0.25, 0.3) is 0 Å². The van der Waals surface area contributed by atoms with Gasteiger partial charge in [-0.05, 0) is 45.6 Å². The third-order valence-electron chi connectivity index (χ3n) is 2.74. The molecule has 0 aliphatic carbocycles. The number of aromatic nitrogens is 2. The van der Waals surface area contributed by atoms with Crippen molar-refractivity contribution in [1.82, 2.24) is 9.78 Å². The fraction of sp³-hybridized carbons (Fsp3) is 0.769. The Morgan fingerprint density at radius 3 is 2.69 bits per heavy atom. The first kappa shape index (κ1) is 13.8. The molecule has 0 saturated carbocycles. The summed E-state index contributed by atoms with van der Waals surface area (Å²) in [6.07, 6.45) is 8.20. The molecule has 0 fully saturated rings. The zero-order chi connectivity index (χ0) is 12.0. The molecular weight excluding hydrogens is 264 g/mol. The molecule has 1 unspecified atom stereocenters. The number of nitrogens with zero attached hydrogens (tertiary/aromatic N) is 2. The van der Waals surface area contributed by atoms with Crippen molar-refractivity contribution in [3.8, 4) is 0 Å². The summed E-state index contributed by atoms with van der Waals surface area (Å²) in [6, 6.07) is 2.61. The number of rotatable bonds is 7. The average molecular weight is 287 g/mol. The van der Waals surface area contributed by atoms with Gasteiger partial charge < -0.3 is 0 Å². The SMILES string of the molecule is CCCC(Br)CCCc1ccn(C(C)C)n1. The van der Waals surface area contributed by atoms with Gasteiger partial charge in [-0.25, -0.2) is 0 Å². The number of aryl methyl sites for hydroxylation is 1. The van der Waals surface area contributed by atoms with Crippen LogP contribution < -0.4 is 0 Å². The van der Waals surface area contributed by atoms with E-state index in [0.717, 1.165) is 6.42 Å². The van der Waals surface area contributed by atoms with Crippen LogP contribution in [0, 0.1) is 0 Å². The van der Waals surface area contributed by atoms with E-state index in [-0.39, 0.29) is 0 Å². The lowest BCUT2D eigenvalue weighted by atomic mass is 10.1. The summed E-state index contributed by atoms with van der Waals surface area (Å²) in [5, 5.41) is 4.55. The Balaban J connectivity index is 2.26. The summed E-state index contributed by atoms with van der Waals surface area (Å²) in [5.41, 5.74) is 1.23. The number of halogens is 1. The monoisotopic (exact) mass is 286 g/mol. The second-order valence-corrected chi connectivity index (χ2v) is 5.95. The van der Waals surface area contributed by atoms with Crippen molar-refractivity contribution in [3.05, 3.63) is 18.0 Å². The van der Waals surface area contributed by atoms with Crippen molar-refractivity contribution in [3.63, 3.8) is 0 Å². The Morgan fingerprint density at radius 1 is 1.38 bits per heavy atom. The lowest BCUT2D eigenvalue weighted by Crippen LogP contribution is -2.02. The van der Waals surface area contributed by atoms with E-state index >= 15 is 0 Å². The smallest absolute Gasteiger partial charge is 0.0624 e. The van der Waals surface area contributed by atoms with Gasteiger partial charge in [-0.1, -0.05) is 29.3 Å². The topological polar surface area (TPSA) is 17.8 Å². The minimum absolute atomic E-state index is 0.470. The molecule has 1 rings (SSSR count). The number of hydrogen-bond donors (Lipinski definition) is 0. The largest absolute Gasteiger partial charge is 0.270 e. The Labute approximate surface area is 108 Å². The van der Waals surface area contributed by atoms with Crippen LogP contribution in [0.15, 0.2) is 12.3 Å². The summed E-state index contributed by atoms with van der Waals surface area (Å²) in [6.45, 7) is 6.55. The number of alkyl halides is 1. The minimum atomic E-state index is 0.470. The van der Waals surface area contributed by atoms with Gasteiger partial charge in [-0.2, -0.15) is 5.10 Å². The molecule has 2 nitrogen and oxygen atoms in total. The lowest BCUT2D eigenvalue weighted by Gasteiger charge is -2.07. The highest BCUT2D eigenvalue weighted by Crippen LogP contribution is 2.16. The summed E-state index contributed by atoms with van der Waals surface area (Å²) in [4.78, 5) is 0.685. The third-order valence-corrected chi connectivity index (χ3v) is 3.66. The maximum Gasteiger partial charge on any atom is 0.0624 e. The standard InChI is InChI=1S/C13H23BrN2/c1-4-6-12(14)7-5-8-13-9-10-16(15-13)11(2)3/h9-12H,4-8H2,1-3H3. The first-order chi connectivity index (χ1) is 7.63. The van der Waals surface area contributed by atoms with Crippen LogP contribution in [-0.2, 0) is 6.42 Å². The predicted molar refractivity (Wildman–Crippen MR) is 73.2 cm³/mol. The van der Waals surface area contributed by atoms with Gasteiger partial charge in [0, 0.05) is 17.1 Å². The summed E-state index contributed by atoms with van der Waals surface area (Å²) in [7, 11) is 0. The maximum absolute atomic E-state index is 4.55. The van der Waals surface area contributed by atoms with Crippen molar-refractivity contribution in [2.45, 2.75) is 63.7 Å². The molecule has 3 heteroatoms. The van der Waals surface area contributed by atoms with Crippen LogP contribution in [0.1, 0.15) is 58.2 Å². The van der Waals surface area contributed by atoms with Crippen molar-refractivity contribution < 1.29 is 0 Å². The molecule has 0 aliphatic heterocycles. The molecule has 1 atom stereocenters. The highest BCUT2D eigenvalue weighted by atomic mass is 79.9. The Bertz CT molecular complexity index is 294. The molecule has 0 amide bonds. The van der Waals surface area contributed by atoms with E-state index in [4.69, 9.17) is 0 Å². The van der Waals surface area contributed by atoms with E-state index < -0.39 is 0 Å². The fourth-order valence-electron chi connectivity index (χ4n) is 1.76. The average Bonchev–Trinajstić information content (AvgIpc) is 2.67. The first-order valence-electron chi connectivity index (χ1n) is 6.31. The van der Waals surface area contributed by atoms with Gasteiger partial charge in [-0.15, -0.1) is 0 Å². The highest BCUT2D eigenvalue weighted by Gasteiger charge is 2.05. The molecule has 1 aromatic rings. The van der Waals surface area contributed by atoms with E-state index in [9.17, 15) is 0 Å². The number of hydrogen-bond acceptors (Lipinski definition) is 1. The van der Waals surface area contributed by atoms with E-state index in [0.29, 0.717) is 10.9 Å². The van der Waals surface area contributed by atoms with E-state index in [1.54, 1.807) is 0 Å². The zero-order valence-corrected chi connectivity index (χ0v) is 12.2. The quantitative estimate of drug-likeness (QED) is 0.682. The van der Waals surface area contributed by atoms with Crippen molar-refractivity contribution in [2.24, 2.45) is 0 Å². The molecule has 0 bridgehead atoms. The van der Waals surface area contributed by atoms with Gasteiger partial charge in [0.05, 0.1) is 5.69 Å². The summed E-state index contributed by atoms with van der Waals surface area (Å²) in [5.74, 6) is 0. The fourth-order valence-corrected chi connectivity index (χ4v) is 2.54. The van der Waals surface area contributed by atoms with E-state index in [1.807, 2.05) is 4.68 Å². The van der Waals surface area contributed by atoms with E-state index in [1.165, 1.54) is 31.4 Å². The van der Waals surface area contributed by atoms with Crippen molar-refractivity contribution in [1.29, 1.82) is 0 Å². The van der Waals surface area contributed by atoms with Gasteiger partial charge in [0.1, 0.15) is 0 Å². The normalized spacial score (nSPS) is 13.3. The minimum Gasteiger partial charge on any atom is -0.270 e. The molecule has 0 aliphatic rings. The van der Waals surface area contributed by atoms with Crippen LogP contribution in [0.4, 0.5) is 0 Å². The Hall–Kier alpha value is -0.310. The third kappa shape index (κ3) is 4.69. The van der Waals surface area contributed by atoms with Crippen LogP contribution in [0.3, 0.4) is 0 Å². The highest BCUT2D eigenvalue weighted by molar-refractivity contribution is 9.09. The van der Waals surface area contributed by atoms with Crippen LogP contribution in [0.25, 0.3) is 0 Å². The van der Waals surface area contributed by atoms with Gasteiger partial charge in [0.2, 0.25) is 0 Å². The van der Waals surface area contributed by atoms with Gasteiger partial charge in [0.15, 0.2) is 0 Å². The van der Waals surface area contributed by atoms with Crippen LogP contribution in [0.2, 0.25) is 0 Å². The second kappa shape index (κ2) is 7.10. The summed E-state index contributed by atoms with van der Waals surface area (Å²) < 4.78 is 2.03. The lowest BCUT2D eigenvalue weighted by molar-refractivity contribution is 0.523. The van der Waals surface area contributed by atoms with Crippen LogP contribution >= 0.6 is 15.9 Å². The molecule has 0 spiro atoms. The van der Waals surface area contributed by atoms with Gasteiger partial charge >= 0.3 is 0 Å². The van der Waals surface area contributed by atoms with Crippen LogP contribution in [-0.4, -0.2) is 14.6 Å². The molecule has 1 aromatic heterocycles. The Morgan fingerprint density at radius 2 is 2.12 bits per heavy atom. The van der Waals surface area contributed by atoms with Gasteiger partial charge in [-0.3, -0.25) is 4.68 Å².